The van der Waals surface area contributed by atoms with Gasteiger partial charge in [-0.1, -0.05) is 49.7 Å². The van der Waals surface area contributed by atoms with Crippen LogP contribution < -0.4 is 18.9 Å². The summed E-state index contributed by atoms with van der Waals surface area (Å²) < 4.78 is 40.5. The minimum atomic E-state index is -1.41. The monoisotopic (exact) mass is 904 g/mol. The minimum absolute atomic E-state index is 0.0770. The maximum Gasteiger partial charge on any atom is 0.345 e. The highest BCUT2D eigenvalue weighted by Crippen LogP contribution is 2.50. The van der Waals surface area contributed by atoms with Gasteiger partial charge in [-0.25, -0.2) is 29.1 Å². The Hall–Kier alpha value is -5.67. The van der Waals surface area contributed by atoms with Crippen molar-refractivity contribution in [1.29, 1.82) is 0 Å². The Bertz CT molecular complexity index is 2720. The van der Waals surface area contributed by atoms with Gasteiger partial charge in [0.05, 0.1) is 16.1 Å². The number of piperazine rings is 1. The van der Waals surface area contributed by atoms with E-state index in [4.69, 9.17) is 35.5 Å². The van der Waals surface area contributed by atoms with E-state index in [2.05, 4.69) is 51.7 Å². The lowest BCUT2D eigenvalue weighted by atomic mass is 9.78. The molecule has 3 aromatic heterocycles. The van der Waals surface area contributed by atoms with Gasteiger partial charge in [-0.3, -0.25) is 4.90 Å². The summed E-state index contributed by atoms with van der Waals surface area (Å²) in [4.78, 5) is 37.8. The van der Waals surface area contributed by atoms with Gasteiger partial charge in [-0.05, 0) is 103 Å². The molecular weight excluding hydrogens is 855 g/mol. The number of ether oxygens (including phenoxy) is 4. The number of aliphatic carboxylic acids is 1. The van der Waals surface area contributed by atoms with Gasteiger partial charge in [-0.15, -0.1) is 11.3 Å². The van der Waals surface area contributed by atoms with E-state index in [1.165, 1.54) is 29.8 Å². The quantitative estimate of drug-likeness (QED) is 0.156. The number of fused-ring (bicyclic) bond motifs is 7. The van der Waals surface area contributed by atoms with E-state index in [0.717, 1.165) is 72.6 Å². The summed E-state index contributed by atoms with van der Waals surface area (Å²) in [6.45, 7) is 11.0. The summed E-state index contributed by atoms with van der Waals surface area (Å²) >= 11 is 8.61. The third kappa shape index (κ3) is 9.56. The number of rotatable bonds is 8. The fraction of sp³-hybridized carbons (Fsp3) is 0.367. The first kappa shape index (κ1) is 43.6. The second-order valence-corrected chi connectivity index (χ2v) is 18.9. The maximum absolute atomic E-state index is 14.3. The molecule has 4 aliphatic rings. The second-order valence-electron chi connectivity index (χ2n) is 17.6. The number of thiophene rings is 1. The van der Waals surface area contributed by atoms with Gasteiger partial charge in [0.15, 0.2) is 5.82 Å². The predicted molar refractivity (Wildman–Crippen MR) is 246 cm³/mol. The number of carboxylic acids is 1. The number of benzene rings is 3. The van der Waals surface area contributed by atoms with Gasteiger partial charge in [0.1, 0.15) is 53.5 Å². The number of allylic oxidation sites excluding steroid dienone is 2. The first-order valence-electron chi connectivity index (χ1n) is 21.6. The van der Waals surface area contributed by atoms with E-state index in [1.807, 2.05) is 31.2 Å². The summed E-state index contributed by atoms with van der Waals surface area (Å²) in [5.41, 5.74) is 5.49. The number of likely N-dealkylation sites (N-methyl/N-ethyl adjacent to an activating group) is 1. The van der Waals surface area contributed by atoms with Crippen molar-refractivity contribution >= 4 is 44.7 Å². The van der Waals surface area contributed by atoms with Crippen molar-refractivity contribution in [3.63, 3.8) is 0 Å². The maximum atomic E-state index is 14.3. The molecule has 0 unspecified atom stereocenters. The molecule has 2 atom stereocenters. The largest absolute Gasteiger partial charge is 0.490 e. The summed E-state index contributed by atoms with van der Waals surface area (Å²) in [5, 5.41) is 11.7. The molecule has 0 spiro atoms. The highest BCUT2D eigenvalue weighted by Gasteiger charge is 2.30. The Morgan fingerprint density at radius 2 is 1.84 bits per heavy atom. The van der Waals surface area contributed by atoms with Crippen LogP contribution in [0.15, 0.2) is 79.3 Å². The Morgan fingerprint density at radius 1 is 1.03 bits per heavy atom. The summed E-state index contributed by atoms with van der Waals surface area (Å²) in [7, 11) is 2.12. The molecule has 3 aromatic carbocycles. The number of carboxylic acid groups (broad SMARTS) is 1. The van der Waals surface area contributed by atoms with Gasteiger partial charge in [-0.2, -0.15) is 0 Å². The normalized spacial score (nSPS) is 19.2. The fourth-order valence-corrected chi connectivity index (χ4v) is 9.78. The van der Waals surface area contributed by atoms with Gasteiger partial charge in [0, 0.05) is 61.3 Å². The molecule has 3 aliphatic heterocycles. The molecule has 1 saturated heterocycles. The van der Waals surface area contributed by atoms with Crippen LogP contribution in [0.2, 0.25) is 5.02 Å². The molecule has 6 aromatic rings. The van der Waals surface area contributed by atoms with Crippen molar-refractivity contribution in [2.24, 2.45) is 5.41 Å². The fourth-order valence-electron chi connectivity index (χ4n) is 8.41. The number of nitrogens with zero attached hydrogens (tertiary/aromatic N) is 6. The molecule has 0 saturated carbocycles. The lowest BCUT2D eigenvalue weighted by Crippen LogP contribution is -2.49. The van der Waals surface area contributed by atoms with Gasteiger partial charge < -0.3 is 29.0 Å². The molecule has 10 rings (SSSR count). The molecule has 1 N–H and O–H groups in total. The summed E-state index contributed by atoms with van der Waals surface area (Å²) in [5.74, 6) is 0.646. The van der Waals surface area contributed by atoms with E-state index in [0.29, 0.717) is 61.7 Å². The van der Waals surface area contributed by atoms with Crippen LogP contribution in [0.25, 0.3) is 37.4 Å². The second kappa shape index (κ2) is 18.4. The standard InChI is InChI=1S/C49H50ClFN6O6S/c1-29-37-10-12-39(43(29)50)62-36(25-57-21-19-56(4)20-22-57)27-60-35-9-11-38(61-26-34-15-18-52-45(55-34)31-13-16-49(2,3)17-14-31)32(23-35)24-40(48(58)59)63-46-42-41(37)44(64-47(42)54-28-53-46)30-5-7-33(51)8-6-30/h5-13,15,18,23,28,36,40H,14,16-17,19-22,24-27H2,1-4H3,(H,58,59)/t36-,40-/m1/s1. The van der Waals surface area contributed by atoms with Gasteiger partial charge >= 0.3 is 5.97 Å². The van der Waals surface area contributed by atoms with Crippen molar-refractivity contribution < 1.29 is 33.2 Å². The molecule has 12 nitrogen and oxygen atoms in total. The van der Waals surface area contributed by atoms with Crippen molar-refractivity contribution in [3.8, 4) is 44.7 Å². The lowest BCUT2D eigenvalue weighted by molar-refractivity contribution is -0.145. The van der Waals surface area contributed by atoms with E-state index in [-0.39, 0.29) is 36.7 Å². The Balaban J connectivity index is 1.12. The summed E-state index contributed by atoms with van der Waals surface area (Å²) in [6.07, 6.45) is 6.31. The van der Waals surface area contributed by atoms with Crippen molar-refractivity contribution in [3.05, 3.63) is 113 Å². The topological polar surface area (TPSA) is 132 Å². The first-order chi connectivity index (χ1) is 30.9. The van der Waals surface area contributed by atoms with Crippen LogP contribution in [0.1, 0.15) is 55.8 Å². The Morgan fingerprint density at radius 3 is 2.61 bits per heavy atom. The SMILES string of the molecule is Cc1c2ccc(c1Cl)O[C@H](CN1CCN(C)CC1)COc1ccc(OCc3ccnc(C4=CCC(C)(C)CC4)n3)c(c1)C[C@H](C(=O)O)Oc1ncnc3sc(-c4ccc(F)cc4)c-2c13. The number of halogens is 2. The Labute approximate surface area is 380 Å². The molecule has 1 fully saturated rings. The van der Waals surface area contributed by atoms with Crippen molar-refractivity contribution in [2.75, 3.05) is 46.4 Å². The van der Waals surface area contributed by atoms with Crippen LogP contribution in [0.3, 0.4) is 0 Å². The zero-order valence-electron chi connectivity index (χ0n) is 36.3. The smallest absolute Gasteiger partial charge is 0.345 e. The van der Waals surface area contributed by atoms with Gasteiger partial charge in [0.2, 0.25) is 12.0 Å². The highest BCUT2D eigenvalue weighted by atomic mass is 35.5. The molecule has 0 amide bonds. The summed E-state index contributed by atoms with van der Waals surface area (Å²) in [6, 6.07) is 17.2. The van der Waals surface area contributed by atoms with Crippen LogP contribution in [0.4, 0.5) is 4.39 Å². The number of hydrogen-bond donors (Lipinski definition) is 1. The first-order valence-corrected chi connectivity index (χ1v) is 22.8. The molecule has 15 heteroatoms. The average Bonchev–Trinajstić information content (AvgIpc) is 3.67. The van der Waals surface area contributed by atoms with E-state index in [1.54, 1.807) is 30.5 Å². The minimum Gasteiger partial charge on any atom is -0.490 e. The molecule has 6 heterocycles. The Kier molecular flexibility index (Phi) is 12.6. The number of aromatic nitrogens is 4. The van der Waals surface area contributed by atoms with Gasteiger partial charge in [0.25, 0.3) is 0 Å². The number of hydrogen-bond acceptors (Lipinski definition) is 12. The van der Waals surface area contributed by atoms with Crippen LogP contribution in [-0.4, -0.2) is 99.4 Å². The molecule has 0 radical (unpaired) electrons. The highest BCUT2D eigenvalue weighted by molar-refractivity contribution is 7.22. The van der Waals surface area contributed by atoms with Crippen LogP contribution >= 0.6 is 22.9 Å². The van der Waals surface area contributed by atoms with Crippen LogP contribution in [-0.2, 0) is 17.8 Å². The van der Waals surface area contributed by atoms with E-state index < -0.39 is 18.2 Å². The van der Waals surface area contributed by atoms with Crippen molar-refractivity contribution in [1.82, 2.24) is 29.7 Å². The van der Waals surface area contributed by atoms with Crippen LogP contribution in [0.5, 0.6) is 23.1 Å². The zero-order valence-corrected chi connectivity index (χ0v) is 37.8. The third-order valence-corrected chi connectivity index (χ3v) is 13.9. The lowest BCUT2D eigenvalue weighted by Gasteiger charge is -2.34. The van der Waals surface area contributed by atoms with Crippen molar-refractivity contribution in [2.45, 2.75) is 65.3 Å². The molecular formula is C49H50ClFN6O6S. The third-order valence-electron chi connectivity index (χ3n) is 12.3. The number of carbonyl (C=O) groups is 1. The van der Waals surface area contributed by atoms with Crippen LogP contribution in [0, 0.1) is 18.2 Å². The predicted octanol–water partition coefficient (Wildman–Crippen LogP) is 9.55. The average molecular weight is 905 g/mol. The molecule has 64 heavy (non-hydrogen) atoms. The zero-order chi connectivity index (χ0) is 44.5. The molecule has 332 valence electrons. The molecule has 1 aliphatic carbocycles. The van der Waals surface area contributed by atoms with E-state index >= 15 is 0 Å². The van der Waals surface area contributed by atoms with E-state index in [9.17, 15) is 14.3 Å². The molecule has 4 bridgehead atoms.